The van der Waals surface area contributed by atoms with Crippen molar-refractivity contribution in [1.29, 1.82) is 0 Å². The van der Waals surface area contributed by atoms with E-state index in [1.165, 1.54) is 23.9 Å². The molecule has 0 aromatic heterocycles. The second kappa shape index (κ2) is 5.69. The van der Waals surface area contributed by atoms with Gasteiger partial charge >= 0.3 is 5.97 Å². The molecule has 0 spiro atoms. The topological polar surface area (TPSA) is 49.7 Å². The Balaban J connectivity index is 2.07. The summed E-state index contributed by atoms with van der Waals surface area (Å²) in [6, 6.07) is 13.4. The Morgan fingerprint density at radius 1 is 1.19 bits per heavy atom. The summed E-state index contributed by atoms with van der Waals surface area (Å²) < 4.78 is 13.0. The first-order chi connectivity index (χ1) is 10.1. The maximum absolute atomic E-state index is 13.0. The smallest absolute Gasteiger partial charge is 0.317 e. The van der Waals surface area contributed by atoms with Gasteiger partial charge in [0.15, 0.2) is 0 Å². The molecule has 0 saturated heterocycles. The van der Waals surface area contributed by atoms with Crippen LogP contribution in [-0.4, -0.2) is 22.0 Å². The van der Waals surface area contributed by atoms with Crippen LogP contribution in [0.15, 0.2) is 58.4 Å². The number of hydrogen-bond acceptors (Lipinski definition) is 3. The van der Waals surface area contributed by atoms with Crippen molar-refractivity contribution < 1.29 is 14.3 Å². The Bertz CT molecular complexity index is 712. The van der Waals surface area contributed by atoms with Gasteiger partial charge in [-0.2, -0.15) is 0 Å². The molecule has 1 aliphatic heterocycles. The molecule has 0 saturated carbocycles. The number of rotatable bonds is 2. The van der Waals surface area contributed by atoms with Crippen molar-refractivity contribution in [3.63, 3.8) is 0 Å². The van der Waals surface area contributed by atoms with Crippen molar-refractivity contribution in [3.05, 3.63) is 59.9 Å². The predicted octanol–water partition coefficient (Wildman–Crippen LogP) is 3.90. The van der Waals surface area contributed by atoms with Gasteiger partial charge in [-0.25, -0.2) is 4.39 Å². The summed E-state index contributed by atoms with van der Waals surface area (Å²) in [7, 11) is 0. The molecule has 1 heterocycles. The van der Waals surface area contributed by atoms with E-state index in [-0.39, 0.29) is 5.82 Å². The molecule has 0 unspecified atom stereocenters. The Morgan fingerprint density at radius 3 is 2.62 bits per heavy atom. The number of thioether (sulfide) groups is 1. The minimum atomic E-state index is -0.869. The van der Waals surface area contributed by atoms with Crippen LogP contribution in [0.2, 0.25) is 0 Å². The van der Waals surface area contributed by atoms with Crippen LogP contribution in [-0.2, 0) is 4.79 Å². The molecular weight excluding hydrogens is 289 g/mol. The van der Waals surface area contributed by atoms with E-state index in [0.29, 0.717) is 12.1 Å². The van der Waals surface area contributed by atoms with Crippen molar-refractivity contribution in [2.45, 2.75) is 16.6 Å². The maximum atomic E-state index is 13.0. The van der Waals surface area contributed by atoms with Crippen LogP contribution >= 0.6 is 11.8 Å². The fraction of sp³-hybridized carbons (Fsp3) is 0.125. The maximum Gasteiger partial charge on any atom is 0.317 e. The van der Waals surface area contributed by atoms with Crippen LogP contribution in [0.1, 0.15) is 12.0 Å². The third-order valence-electron chi connectivity index (χ3n) is 3.22. The van der Waals surface area contributed by atoms with Gasteiger partial charge in [0.25, 0.3) is 0 Å². The summed E-state index contributed by atoms with van der Waals surface area (Å²) in [5.74, 6) is -1.19. The number of fused-ring (bicyclic) bond motifs is 1. The molecule has 3 rings (SSSR count). The highest BCUT2D eigenvalue weighted by Crippen LogP contribution is 2.37. The number of aliphatic imine (C=N–C) groups is 1. The summed E-state index contributed by atoms with van der Waals surface area (Å²) in [6.07, 6.45) is 0.306. The molecule has 1 N–H and O–H groups in total. The molecule has 5 heteroatoms. The zero-order valence-electron chi connectivity index (χ0n) is 11.0. The second-order valence-corrected chi connectivity index (χ2v) is 5.93. The molecule has 0 fully saturated rings. The lowest BCUT2D eigenvalue weighted by atomic mass is 10.1. The molecule has 1 atom stereocenters. The number of halogens is 1. The van der Waals surface area contributed by atoms with Crippen LogP contribution in [0.4, 0.5) is 10.1 Å². The Hall–Kier alpha value is -2.14. The monoisotopic (exact) mass is 301 g/mol. The molecule has 0 bridgehead atoms. The second-order valence-electron chi connectivity index (χ2n) is 4.68. The van der Waals surface area contributed by atoms with Gasteiger partial charge < -0.3 is 5.11 Å². The summed E-state index contributed by atoms with van der Waals surface area (Å²) in [6.45, 7) is 0. The lowest BCUT2D eigenvalue weighted by molar-refractivity contribution is -0.136. The van der Waals surface area contributed by atoms with Crippen LogP contribution in [0.5, 0.6) is 0 Å². The number of carboxylic acid groups (broad SMARTS) is 1. The zero-order valence-corrected chi connectivity index (χ0v) is 11.8. The molecule has 3 nitrogen and oxygen atoms in total. The minimum absolute atomic E-state index is 0.306. The van der Waals surface area contributed by atoms with Gasteiger partial charge in [0.1, 0.15) is 11.1 Å². The molecule has 2 aromatic rings. The molecule has 0 radical (unpaired) electrons. The van der Waals surface area contributed by atoms with Gasteiger partial charge in [-0.1, -0.05) is 24.3 Å². The molecule has 0 aliphatic carbocycles. The summed E-state index contributed by atoms with van der Waals surface area (Å²) in [5, 5.41) is 8.76. The molecule has 106 valence electrons. The van der Waals surface area contributed by atoms with Crippen molar-refractivity contribution in [3.8, 4) is 0 Å². The lowest BCUT2D eigenvalue weighted by Gasteiger charge is -2.10. The predicted molar refractivity (Wildman–Crippen MR) is 80.9 cm³/mol. The summed E-state index contributed by atoms with van der Waals surface area (Å²) >= 11 is 1.30. The van der Waals surface area contributed by atoms with Crippen molar-refractivity contribution in [2.75, 3.05) is 0 Å². The Morgan fingerprint density at radius 2 is 1.90 bits per heavy atom. The van der Waals surface area contributed by atoms with Gasteiger partial charge in [0.2, 0.25) is 0 Å². The van der Waals surface area contributed by atoms with Gasteiger partial charge in [0, 0.05) is 11.3 Å². The zero-order chi connectivity index (χ0) is 14.8. The Labute approximate surface area is 125 Å². The molecule has 1 aliphatic rings. The van der Waals surface area contributed by atoms with Crippen LogP contribution in [0, 0.1) is 5.82 Å². The van der Waals surface area contributed by atoms with E-state index in [4.69, 9.17) is 0 Å². The number of benzene rings is 2. The fourth-order valence-electron chi connectivity index (χ4n) is 2.17. The van der Waals surface area contributed by atoms with Crippen LogP contribution in [0.3, 0.4) is 0 Å². The summed E-state index contributed by atoms with van der Waals surface area (Å²) in [5.41, 5.74) is 2.17. The van der Waals surface area contributed by atoms with E-state index in [0.717, 1.165) is 16.1 Å². The highest BCUT2D eigenvalue weighted by molar-refractivity contribution is 8.00. The van der Waals surface area contributed by atoms with Crippen LogP contribution < -0.4 is 0 Å². The third-order valence-corrected chi connectivity index (χ3v) is 4.47. The number of para-hydroxylation sites is 1. The van der Waals surface area contributed by atoms with Gasteiger partial charge in [0.05, 0.1) is 11.4 Å². The number of nitrogens with zero attached hydrogens (tertiary/aromatic N) is 1. The minimum Gasteiger partial charge on any atom is -0.480 e. The van der Waals surface area contributed by atoms with Crippen LogP contribution in [0.25, 0.3) is 0 Å². The summed E-state index contributed by atoms with van der Waals surface area (Å²) in [4.78, 5) is 16.8. The average molecular weight is 301 g/mol. The standard InChI is InChI=1S/C16H12FNO2S/c17-11-7-5-10(6-8-11)13-9-15(16(19)20)21-14-4-2-1-3-12(14)18-13/h1-8,15H,9H2,(H,19,20)/t15-/m0/s1. The van der Waals surface area contributed by atoms with Crippen molar-refractivity contribution in [1.82, 2.24) is 0 Å². The fourth-order valence-corrected chi connectivity index (χ4v) is 3.21. The van der Waals surface area contributed by atoms with E-state index >= 15 is 0 Å². The third kappa shape index (κ3) is 2.97. The quantitative estimate of drug-likeness (QED) is 0.915. The largest absolute Gasteiger partial charge is 0.480 e. The Kier molecular flexibility index (Phi) is 3.75. The van der Waals surface area contributed by atoms with Crippen molar-refractivity contribution in [2.24, 2.45) is 4.99 Å². The molecule has 2 aromatic carbocycles. The van der Waals surface area contributed by atoms with E-state index in [1.54, 1.807) is 12.1 Å². The number of carboxylic acids is 1. The molecule has 0 amide bonds. The van der Waals surface area contributed by atoms with E-state index in [2.05, 4.69) is 4.99 Å². The van der Waals surface area contributed by atoms with Crippen molar-refractivity contribution >= 4 is 29.1 Å². The first-order valence-corrected chi connectivity index (χ1v) is 7.33. The SMILES string of the molecule is O=C(O)[C@@H]1CC(c2ccc(F)cc2)=Nc2ccccc2S1. The first-order valence-electron chi connectivity index (χ1n) is 6.45. The molecular formula is C16H12FNO2S. The van der Waals surface area contributed by atoms with E-state index in [1.807, 2.05) is 24.3 Å². The molecule has 21 heavy (non-hydrogen) atoms. The van der Waals surface area contributed by atoms with E-state index in [9.17, 15) is 14.3 Å². The van der Waals surface area contributed by atoms with Gasteiger partial charge in [-0.05, 0) is 29.8 Å². The normalized spacial score (nSPS) is 17.6. The number of carbonyl (C=O) groups is 1. The van der Waals surface area contributed by atoms with Gasteiger partial charge in [-0.15, -0.1) is 11.8 Å². The average Bonchev–Trinajstić information content (AvgIpc) is 2.67. The number of hydrogen-bond donors (Lipinski definition) is 1. The van der Waals surface area contributed by atoms with Gasteiger partial charge in [-0.3, -0.25) is 9.79 Å². The highest BCUT2D eigenvalue weighted by atomic mass is 32.2. The highest BCUT2D eigenvalue weighted by Gasteiger charge is 2.26. The first kappa shape index (κ1) is 13.8. The lowest BCUT2D eigenvalue weighted by Crippen LogP contribution is -2.20. The number of aliphatic carboxylic acids is 1. The van der Waals surface area contributed by atoms with E-state index < -0.39 is 11.2 Å².